The van der Waals surface area contributed by atoms with Crippen molar-refractivity contribution in [3.63, 3.8) is 0 Å². The molecule has 16 heavy (non-hydrogen) atoms. The molecule has 4 nitrogen and oxygen atoms in total. The highest BCUT2D eigenvalue weighted by Gasteiger charge is 2.20. The van der Waals surface area contributed by atoms with E-state index >= 15 is 0 Å². The van der Waals surface area contributed by atoms with Gasteiger partial charge in [0.1, 0.15) is 0 Å². The Kier molecular flexibility index (Phi) is 3.29. The van der Waals surface area contributed by atoms with Crippen LogP contribution in [0.5, 0.6) is 0 Å². The minimum Gasteiger partial charge on any atom is -0.385 e. The number of hydrogen-bond donors (Lipinski definition) is 2. The van der Waals surface area contributed by atoms with Gasteiger partial charge in [0.2, 0.25) is 0 Å². The molecule has 1 saturated heterocycles. The zero-order chi connectivity index (χ0) is 11.4. The lowest BCUT2D eigenvalue weighted by Crippen LogP contribution is -2.27. The number of benzene rings is 1. The maximum absolute atomic E-state index is 11.4. The van der Waals surface area contributed by atoms with Crippen LogP contribution in [0.25, 0.3) is 0 Å². The van der Waals surface area contributed by atoms with Gasteiger partial charge in [0.25, 0.3) is 0 Å². The molecule has 86 valence electrons. The Morgan fingerprint density at radius 2 is 2.12 bits per heavy atom. The number of rotatable bonds is 4. The number of urea groups is 1. The molecule has 0 bridgehead atoms. The highest BCUT2D eigenvalue weighted by Crippen LogP contribution is 2.19. The summed E-state index contributed by atoms with van der Waals surface area (Å²) < 4.78 is 0. The van der Waals surface area contributed by atoms with Gasteiger partial charge in [-0.1, -0.05) is 6.92 Å². The smallest absolute Gasteiger partial charge is 0.321 e. The zero-order valence-corrected chi connectivity index (χ0v) is 9.49. The van der Waals surface area contributed by atoms with Gasteiger partial charge in [0, 0.05) is 31.0 Å². The first-order chi connectivity index (χ1) is 7.81. The largest absolute Gasteiger partial charge is 0.385 e. The molecule has 0 saturated carbocycles. The molecule has 1 fully saturated rings. The Balaban J connectivity index is 2.04. The molecule has 0 unspecified atom stereocenters. The second-order valence-electron chi connectivity index (χ2n) is 3.86. The van der Waals surface area contributed by atoms with Crippen molar-refractivity contribution in [1.29, 1.82) is 0 Å². The van der Waals surface area contributed by atoms with Gasteiger partial charge in [-0.25, -0.2) is 4.79 Å². The van der Waals surface area contributed by atoms with Crippen LogP contribution in [0.4, 0.5) is 16.2 Å². The second-order valence-corrected chi connectivity index (χ2v) is 3.86. The van der Waals surface area contributed by atoms with Crippen molar-refractivity contribution in [1.82, 2.24) is 5.32 Å². The molecule has 1 heterocycles. The minimum absolute atomic E-state index is 0.00531. The summed E-state index contributed by atoms with van der Waals surface area (Å²) in [5, 5.41) is 6.09. The first-order valence-electron chi connectivity index (χ1n) is 5.70. The Morgan fingerprint density at radius 1 is 1.38 bits per heavy atom. The lowest BCUT2D eigenvalue weighted by Gasteiger charge is -2.14. The summed E-state index contributed by atoms with van der Waals surface area (Å²) in [6.07, 6.45) is 1.11. The molecule has 0 radical (unpaired) electrons. The molecular weight excluding hydrogens is 202 g/mol. The van der Waals surface area contributed by atoms with E-state index in [-0.39, 0.29) is 6.03 Å². The van der Waals surface area contributed by atoms with E-state index in [2.05, 4.69) is 17.6 Å². The van der Waals surface area contributed by atoms with E-state index in [9.17, 15) is 4.79 Å². The lowest BCUT2D eigenvalue weighted by molar-refractivity contribution is 0.252. The van der Waals surface area contributed by atoms with Crippen LogP contribution in [-0.4, -0.2) is 25.7 Å². The minimum atomic E-state index is -0.00531. The normalized spacial score (nSPS) is 15.1. The molecule has 2 amide bonds. The van der Waals surface area contributed by atoms with Crippen molar-refractivity contribution in [3.05, 3.63) is 24.3 Å². The lowest BCUT2D eigenvalue weighted by atomic mass is 10.2. The van der Waals surface area contributed by atoms with Crippen LogP contribution in [0.3, 0.4) is 0 Å². The molecule has 2 rings (SSSR count). The van der Waals surface area contributed by atoms with Crippen LogP contribution >= 0.6 is 0 Å². The first kappa shape index (κ1) is 10.8. The van der Waals surface area contributed by atoms with Gasteiger partial charge in [-0.15, -0.1) is 0 Å². The highest BCUT2D eigenvalue weighted by molar-refractivity contribution is 5.94. The van der Waals surface area contributed by atoms with Gasteiger partial charge in [-0.2, -0.15) is 0 Å². The summed E-state index contributed by atoms with van der Waals surface area (Å²) in [5.41, 5.74) is 2.06. The Hall–Kier alpha value is -1.71. The number of nitrogens with one attached hydrogen (secondary N) is 2. The van der Waals surface area contributed by atoms with Gasteiger partial charge in [0.15, 0.2) is 0 Å². The Labute approximate surface area is 95.6 Å². The van der Waals surface area contributed by atoms with Crippen LogP contribution in [0.2, 0.25) is 0 Å². The Morgan fingerprint density at radius 3 is 2.69 bits per heavy atom. The van der Waals surface area contributed by atoms with Crippen molar-refractivity contribution in [2.75, 3.05) is 29.9 Å². The van der Waals surface area contributed by atoms with Crippen molar-refractivity contribution in [3.8, 4) is 0 Å². The maximum atomic E-state index is 11.4. The van der Waals surface area contributed by atoms with Crippen molar-refractivity contribution in [2.45, 2.75) is 13.3 Å². The number of nitrogens with zero attached hydrogens (tertiary/aromatic N) is 1. The van der Waals surface area contributed by atoms with E-state index in [4.69, 9.17) is 0 Å². The molecule has 4 heteroatoms. The molecule has 1 aromatic carbocycles. The third-order valence-corrected chi connectivity index (χ3v) is 2.61. The van der Waals surface area contributed by atoms with Crippen LogP contribution < -0.4 is 15.5 Å². The molecule has 1 aliphatic heterocycles. The van der Waals surface area contributed by atoms with E-state index in [1.165, 1.54) is 0 Å². The van der Waals surface area contributed by atoms with Crippen LogP contribution in [0, 0.1) is 0 Å². The summed E-state index contributed by atoms with van der Waals surface area (Å²) in [7, 11) is 0. The first-order valence-corrected chi connectivity index (χ1v) is 5.70. The summed E-state index contributed by atoms with van der Waals surface area (Å²) in [6, 6.07) is 7.97. The van der Waals surface area contributed by atoms with Gasteiger partial charge < -0.3 is 10.6 Å². The zero-order valence-electron chi connectivity index (χ0n) is 9.49. The van der Waals surface area contributed by atoms with Crippen LogP contribution in [-0.2, 0) is 0 Å². The topological polar surface area (TPSA) is 44.4 Å². The summed E-state index contributed by atoms with van der Waals surface area (Å²) in [4.78, 5) is 13.2. The standard InChI is InChI=1S/C12H17N3O/c1-2-7-13-10-3-5-11(6-4-10)15-9-8-14-12(15)16/h3-6,13H,2,7-9H2,1H3,(H,14,16). The third kappa shape index (κ3) is 2.27. The van der Waals surface area contributed by atoms with Crippen LogP contribution in [0.1, 0.15) is 13.3 Å². The summed E-state index contributed by atoms with van der Waals surface area (Å²) in [5.74, 6) is 0. The van der Waals surface area contributed by atoms with Gasteiger partial charge in [-0.3, -0.25) is 4.90 Å². The average molecular weight is 219 g/mol. The SMILES string of the molecule is CCCNc1ccc(N2CCNC2=O)cc1. The van der Waals surface area contributed by atoms with Gasteiger partial charge in [-0.05, 0) is 30.7 Å². The maximum Gasteiger partial charge on any atom is 0.321 e. The number of hydrogen-bond acceptors (Lipinski definition) is 2. The van der Waals surface area contributed by atoms with E-state index < -0.39 is 0 Å². The molecule has 0 spiro atoms. The monoisotopic (exact) mass is 219 g/mol. The van der Waals surface area contributed by atoms with Crippen LogP contribution in [0.15, 0.2) is 24.3 Å². The number of carbonyl (C=O) groups excluding carboxylic acids is 1. The average Bonchev–Trinajstić information content (AvgIpc) is 2.74. The fourth-order valence-electron chi connectivity index (χ4n) is 1.75. The molecule has 1 aliphatic rings. The van der Waals surface area contributed by atoms with E-state index in [0.29, 0.717) is 0 Å². The summed E-state index contributed by atoms with van der Waals surface area (Å²) >= 11 is 0. The Bertz CT molecular complexity index is 361. The molecular formula is C12H17N3O. The highest BCUT2D eigenvalue weighted by atomic mass is 16.2. The predicted octanol–water partition coefficient (Wildman–Crippen LogP) is 2.04. The number of anilines is 2. The molecule has 2 N–H and O–H groups in total. The van der Waals surface area contributed by atoms with Gasteiger partial charge >= 0.3 is 6.03 Å². The fourth-order valence-corrected chi connectivity index (χ4v) is 1.75. The predicted molar refractivity (Wildman–Crippen MR) is 66.0 cm³/mol. The van der Waals surface area contributed by atoms with Crippen molar-refractivity contribution < 1.29 is 4.79 Å². The van der Waals surface area contributed by atoms with E-state index in [1.807, 2.05) is 24.3 Å². The van der Waals surface area contributed by atoms with E-state index in [1.54, 1.807) is 4.90 Å². The number of amides is 2. The number of carbonyl (C=O) groups is 1. The third-order valence-electron chi connectivity index (χ3n) is 2.61. The fraction of sp³-hybridized carbons (Fsp3) is 0.417. The van der Waals surface area contributed by atoms with E-state index in [0.717, 1.165) is 37.4 Å². The molecule has 0 aliphatic carbocycles. The van der Waals surface area contributed by atoms with Crippen molar-refractivity contribution >= 4 is 17.4 Å². The molecule has 0 aromatic heterocycles. The molecule has 1 aromatic rings. The molecule has 0 atom stereocenters. The van der Waals surface area contributed by atoms with Crippen molar-refractivity contribution in [2.24, 2.45) is 0 Å². The summed E-state index contributed by atoms with van der Waals surface area (Å²) in [6.45, 7) is 4.59. The quantitative estimate of drug-likeness (QED) is 0.814. The second kappa shape index (κ2) is 4.88. The van der Waals surface area contributed by atoms with Gasteiger partial charge in [0.05, 0.1) is 0 Å².